The summed E-state index contributed by atoms with van der Waals surface area (Å²) >= 11 is 6.42. The molecule has 9 nitrogen and oxygen atoms in total. The van der Waals surface area contributed by atoms with Crippen LogP contribution in [0, 0.1) is 36.2 Å². The van der Waals surface area contributed by atoms with Gasteiger partial charge in [-0.15, -0.1) is 0 Å². The molecule has 1 amide bonds. The number of carbonyl (C=O) groups excluding carboxylic acids is 2. The van der Waals surface area contributed by atoms with Crippen molar-refractivity contribution in [2.24, 2.45) is 22.7 Å². The van der Waals surface area contributed by atoms with Crippen LogP contribution in [0.15, 0.2) is 18.2 Å². The number of benzene rings is 1. The van der Waals surface area contributed by atoms with E-state index in [-0.39, 0.29) is 51.5 Å². The van der Waals surface area contributed by atoms with Gasteiger partial charge in [0.25, 0.3) is 5.69 Å². The summed E-state index contributed by atoms with van der Waals surface area (Å²) in [6.07, 6.45) is 4.90. The first-order valence-electron chi connectivity index (χ1n) is 15.7. The monoisotopic (exact) mass is 621 g/mol. The van der Waals surface area contributed by atoms with Gasteiger partial charge < -0.3 is 14.4 Å². The number of nitrogens with one attached hydrogen (secondary N) is 1. The zero-order valence-electron chi connectivity index (χ0n) is 26.9. The van der Waals surface area contributed by atoms with Crippen LogP contribution >= 0.6 is 11.6 Å². The molecule has 236 valence electrons. The number of ether oxygens (including phenoxy) is 2. The van der Waals surface area contributed by atoms with Gasteiger partial charge in [-0.1, -0.05) is 71.7 Å². The number of carbonyl (C=O) groups is 2. The third-order valence-electron chi connectivity index (χ3n) is 9.36. The molecule has 0 spiro atoms. The van der Waals surface area contributed by atoms with Gasteiger partial charge in [0, 0.05) is 35.5 Å². The molecule has 1 saturated carbocycles. The number of rotatable bonds is 4. The van der Waals surface area contributed by atoms with Gasteiger partial charge in [0.1, 0.15) is 11.7 Å². The van der Waals surface area contributed by atoms with Crippen LogP contribution in [-0.2, 0) is 4.74 Å². The molecule has 2 aliphatic rings. The molecule has 44 heavy (non-hydrogen) atoms. The molecule has 1 aliphatic heterocycles. The zero-order chi connectivity index (χ0) is 32.0. The van der Waals surface area contributed by atoms with E-state index < -0.39 is 12.1 Å². The Hall–Kier alpha value is -3.51. The Kier molecular flexibility index (Phi) is 8.78. The second-order valence-corrected chi connectivity index (χ2v) is 14.9. The summed E-state index contributed by atoms with van der Waals surface area (Å²) in [6.45, 7) is 24.3. The third kappa shape index (κ3) is 6.19. The Balaban J connectivity index is 1.62. The van der Waals surface area contributed by atoms with Crippen LogP contribution in [0.25, 0.3) is 21.9 Å². The Morgan fingerprint density at radius 2 is 1.66 bits per heavy atom. The highest BCUT2D eigenvalue weighted by Gasteiger charge is 2.47. The maximum Gasteiger partial charge on any atom is 0.415 e. The summed E-state index contributed by atoms with van der Waals surface area (Å²) in [5.74, 6) is -0.0119. The van der Waals surface area contributed by atoms with E-state index in [2.05, 4.69) is 51.5 Å². The first-order valence-corrected chi connectivity index (χ1v) is 16.0. The van der Waals surface area contributed by atoms with Gasteiger partial charge >= 0.3 is 12.1 Å². The summed E-state index contributed by atoms with van der Waals surface area (Å²) in [6, 6.07) is 5.54. The highest BCUT2D eigenvalue weighted by molar-refractivity contribution is 6.31. The van der Waals surface area contributed by atoms with Crippen LogP contribution in [0.2, 0.25) is 5.02 Å². The van der Waals surface area contributed by atoms with Crippen LogP contribution in [0.5, 0.6) is 5.88 Å². The van der Waals surface area contributed by atoms with Gasteiger partial charge in [-0.2, -0.15) is 0 Å². The quantitative estimate of drug-likeness (QED) is 0.232. The fourth-order valence-corrected chi connectivity index (χ4v) is 7.00. The number of fused-ring (bicyclic) bond motifs is 1. The fourth-order valence-electron chi connectivity index (χ4n) is 6.82. The Morgan fingerprint density at radius 1 is 1.02 bits per heavy atom. The highest BCUT2D eigenvalue weighted by Crippen LogP contribution is 2.49. The number of aromatic nitrogens is 3. The number of aryl methyl sites for hydroxylation is 1. The summed E-state index contributed by atoms with van der Waals surface area (Å²) in [7, 11) is 0. The minimum Gasteiger partial charge on any atom is -0.459 e. The van der Waals surface area contributed by atoms with Crippen LogP contribution in [0.3, 0.4) is 0 Å². The molecule has 0 radical (unpaired) electrons. The fraction of sp³-hybridized carbons (Fsp3) is 0.588. The summed E-state index contributed by atoms with van der Waals surface area (Å²) < 4.78 is 13.8. The standard InChI is InChI=1S/C34H44ClN5O4/c1-20-15-16-21(19-24(20)35)28-37-29-25(26(36-8)30(40(29)38-28)44-32(42)39-17-10-9-11-18-39)31(41)43-27-22(33(2,3)4)13-12-14-23(27)34(5,6)7/h15-16,19,22-23,27H,9-14,17-18H2,1-7H3,(H,37,38). The zero-order valence-corrected chi connectivity index (χ0v) is 27.7. The highest BCUT2D eigenvalue weighted by atomic mass is 35.5. The second-order valence-electron chi connectivity index (χ2n) is 14.5. The van der Waals surface area contributed by atoms with Gasteiger partial charge in [0.15, 0.2) is 11.5 Å². The van der Waals surface area contributed by atoms with E-state index in [1.54, 1.807) is 11.0 Å². The molecule has 5 rings (SSSR count). The number of H-pyrrole nitrogens is 1. The first kappa shape index (κ1) is 31.9. The number of nitrogens with zero attached hydrogens (tertiary/aromatic N) is 4. The third-order valence-corrected chi connectivity index (χ3v) is 9.77. The smallest absolute Gasteiger partial charge is 0.415 e. The molecule has 1 N–H and O–H groups in total. The van der Waals surface area contributed by atoms with Gasteiger partial charge in [0.2, 0.25) is 5.88 Å². The lowest BCUT2D eigenvalue weighted by molar-refractivity contribution is -0.0802. The molecular weight excluding hydrogens is 578 g/mol. The van der Waals surface area contributed by atoms with Crippen molar-refractivity contribution in [3.8, 4) is 17.3 Å². The average molecular weight is 622 g/mol. The lowest BCUT2D eigenvalue weighted by Crippen LogP contribution is -2.47. The molecule has 10 heteroatoms. The number of esters is 1. The van der Waals surface area contributed by atoms with Crippen molar-refractivity contribution >= 4 is 35.0 Å². The van der Waals surface area contributed by atoms with E-state index in [9.17, 15) is 9.59 Å². The van der Waals surface area contributed by atoms with Crippen molar-refractivity contribution in [2.45, 2.75) is 93.1 Å². The van der Waals surface area contributed by atoms with Crippen LogP contribution in [-0.4, -0.2) is 50.8 Å². The van der Waals surface area contributed by atoms with E-state index >= 15 is 0 Å². The number of amides is 1. The summed E-state index contributed by atoms with van der Waals surface area (Å²) in [5, 5.41) is 3.73. The predicted molar refractivity (Wildman–Crippen MR) is 171 cm³/mol. The maximum atomic E-state index is 14.3. The number of piperidine rings is 1. The number of likely N-dealkylation sites (tertiary alicyclic amines) is 1. The van der Waals surface area contributed by atoms with Crippen molar-refractivity contribution in [3.63, 3.8) is 0 Å². The topological polar surface area (TPSA) is 93.3 Å². The number of halogens is 1. The van der Waals surface area contributed by atoms with Crippen LogP contribution in [0.1, 0.15) is 96.0 Å². The van der Waals surface area contributed by atoms with Gasteiger partial charge in [-0.3, -0.25) is 5.10 Å². The van der Waals surface area contributed by atoms with Crippen LogP contribution in [0.4, 0.5) is 10.5 Å². The first-order chi connectivity index (χ1) is 20.7. The van der Waals surface area contributed by atoms with Crippen molar-refractivity contribution < 1.29 is 19.1 Å². The molecule has 3 aromatic rings. The SMILES string of the molecule is [C-]#[N+]c1c(C(=O)OC2C(C(C)(C)C)CCCC2C(C)(C)C)c2nc(-c3ccc(C)c(Cl)c3)[nH]n2c1OC(=O)N1CCCCC1. The minimum absolute atomic E-state index is 0.00644. The lowest BCUT2D eigenvalue weighted by atomic mass is 9.61. The van der Waals surface area contributed by atoms with E-state index in [4.69, 9.17) is 32.6 Å². The molecule has 1 aliphatic carbocycles. The number of hydrogen-bond acceptors (Lipinski definition) is 5. The molecule has 1 saturated heterocycles. The second kappa shape index (κ2) is 12.1. The normalized spacial score (nSPS) is 21.2. The Morgan fingerprint density at radius 3 is 2.23 bits per heavy atom. The molecule has 1 aromatic carbocycles. The Labute approximate surface area is 265 Å². The average Bonchev–Trinajstić information content (AvgIpc) is 3.51. The molecular formula is C34H44ClN5O4. The largest absolute Gasteiger partial charge is 0.459 e. The lowest BCUT2D eigenvalue weighted by Gasteiger charge is -2.48. The molecule has 0 bridgehead atoms. The van der Waals surface area contributed by atoms with Gasteiger partial charge in [-0.05, 0) is 61.5 Å². The molecule has 3 heterocycles. The summed E-state index contributed by atoms with van der Waals surface area (Å²) in [5.41, 5.74) is 1.49. The molecule has 2 aromatic heterocycles. The van der Waals surface area contributed by atoms with E-state index in [0.29, 0.717) is 29.5 Å². The van der Waals surface area contributed by atoms with E-state index in [1.807, 2.05) is 19.1 Å². The molecule has 2 unspecified atom stereocenters. The maximum absolute atomic E-state index is 14.3. The van der Waals surface area contributed by atoms with Crippen molar-refractivity contribution in [1.29, 1.82) is 0 Å². The molecule has 2 fully saturated rings. The number of hydrogen-bond donors (Lipinski definition) is 1. The summed E-state index contributed by atoms with van der Waals surface area (Å²) in [4.78, 5) is 37.6. The van der Waals surface area contributed by atoms with E-state index in [0.717, 1.165) is 44.1 Å². The number of aromatic amines is 1. The van der Waals surface area contributed by atoms with Crippen LogP contribution < -0.4 is 4.74 Å². The van der Waals surface area contributed by atoms with Crippen molar-refractivity contribution in [1.82, 2.24) is 19.5 Å². The predicted octanol–water partition coefficient (Wildman–Crippen LogP) is 8.86. The minimum atomic E-state index is -0.635. The van der Waals surface area contributed by atoms with E-state index in [1.165, 1.54) is 4.52 Å². The van der Waals surface area contributed by atoms with Gasteiger partial charge in [-0.25, -0.2) is 23.9 Å². The Bertz CT molecular complexity index is 1570. The molecule has 2 atom stereocenters. The van der Waals surface area contributed by atoms with Gasteiger partial charge in [0.05, 0.1) is 6.57 Å². The van der Waals surface area contributed by atoms with Crippen molar-refractivity contribution in [2.75, 3.05) is 13.1 Å². The van der Waals surface area contributed by atoms with Crippen molar-refractivity contribution in [3.05, 3.63) is 45.8 Å².